The minimum atomic E-state index is -3.83. The van der Waals surface area contributed by atoms with Crippen LogP contribution in [-0.2, 0) is 15.3 Å². The lowest BCUT2D eigenvalue weighted by atomic mass is 9.68. The highest BCUT2D eigenvalue weighted by Crippen LogP contribution is 2.56. The van der Waals surface area contributed by atoms with Gasteiger partial charge >= 0.3 is 5.97 Å². The van der Waals surface area contributed by atoms with Crippen LogP contribution in [0, 0.1) is 0 Å². The summed E-state index contributed by atoms with van der Waals surface area (Å²) in [4.78, 5) is 24.4. The van der Waals surface area contributed by atoms with Crippen molar-refractivity contribution in [3.8, 4) is 45.6 Å². The number of hydrogen-bond donors (Lipinski definition) is 1. The van der Waals surface area contributed by atoms with Crippen molar-refractivity contribution < 1.29 is 37.3 Å². The first-order valence-corrected chi connectivity index (χ1v) is 20.5. The molecule has 0 bridgehead atoms. The van der Waals surface area contributed by atoms with Gasteiger partial charge in [0.15, 0.2) is 0 Å². The third-order valence-corrected chi connectivity index (χ3v) is 12.4. The highest BCUT2D eigenvalue weighted by Gasteiger charge is 2.45. The summed E-state index contributed by atoms with van der Waals surface area (Å²) >= 11 is 0. The van der Waals surface area contributed by atoms with Crippen molar-refractivity contribution in [2.75, 3.05) is 0 Å². The Morgan fingerprint density at radius 1 is 0.483 bits per heavy atom. The molecule has 0 aliphatic heterocycles. The van der Waals surface area contributed by atoms with Crippen LogP contribution in [0.2, 0.25) is 0 Å². The van der Waals surface area contributed by atoms with Crippen LogP contribution < -0.4 is 14.2 Å². The first-order valence-electron chi connectivity index (χ1n) is 19.0. The van der Waals surface area contributed by atoms with Crippen molar-refractivity contribution in [1.82, 2.24) is 0 Å². The number of aldehydes is 1. The number of fused-ring (bicyclic) bond motifs is 3. The number of sulfone groups is 1. The van der Waals surface area contributed by atoms with Gasteiger partial charge in [0.2, 0.25) is 9.84 Å². The van der Waals surface area contributed by atoms with Gasteiger partial charge in [0.05, 0.1) is 20.8 Å². The number of aromatic hydroxyl groups is 1. The van der Waals surface area contributed by atoms with Crippen molar-refractivity contribution in [2.45, 2.75) is 15.2 Å². The van der Waals surface area contributed by atoms with Crippen molar-refractivity contribution in [1.29, 1.82) is 0 Å². The number of phenols is 1. The van der Waals surface area contributed by atoms with Gasteiger partial charge in [-0.1, -0.05) is 72.8 Å². The molecule has 8 nitrogen and oxygen atoms in total. The van der Waals surface area contributed by atoms with E-state index in [2.05, 4.69) is 24.3 Å². The van der Waals surface area contributed by atoms with Gasteiger partial charge in [0.1, 0.15) is 40.8 Å². The molecule has 0 atom stereocenters. The molecule has 1 aliphatic rings. The topological polar surface area (TPSA) is 116 Å². The average molecular weight is 807 g/mol. The second kappa shape index (κ2) is 15.5. The van der Waals surface area contributed by atoms with E-state index in [4.69, 9.17) is 14.2 Å². The number of esters is 1. The number of hydrogen-bond acceptors (Lipinski definition) is 8. The van der Waals surface area contributed by atoms with E-state index >= 15 is 0 Å². The summed E-state index contributed by atoms with van der Waals surface area (Å²) in [7, 11) is -3.83. The summed E-state index contributed by atoms with van der Waals surface area (Å²) in [5.41, 5.74) is 6.69. The van der Waals surface area contributed by atoms with E-state index < -0.39 is 21.2 Å². The quantitative estimate of drug-likeness (QED) is 0.0780. The van der Waals surface area contributed by atoms with Crippen molar-refractivity contribution >= 4 is 22.1 Å². The number of rotatable bonds is 11. The fourth-order valence-corrected chi connectivity index (χ4v) is 8.99. The van der Waals surface area contributed by atoms with Crippen LogP contribution in [0.25, 0.3) is 11.1 Å². The summed E-state index contributed by atoms with van der Waals surface area (Å²) in [6.07, 6.45) is 0.743. The Bertz CT molecular complexity index is 2910. The van der Waals surface area contributed by atoms with E-state index in [9.17, 15) is 23.1 Å². The number of carbonyl (C=O) groups is 2. The molecule has 0 fully saturated rings. The smallest absolute Gasteiger partial charge is 0.343 e. The molecule has 0 spiro atoms. The molecule has 1 N–H and O–H groups in total. The van der Waals surface area contributed by atoms with E-state index in [1.54, 1.807) is 97.1 Å². The molecule has 9 rings (SSSR count). The largest absolute Gasteiger partial charge is 0.508 e. The Kier molecular flexibility index (Phi) is 9.79. The Morgan fingerprint density at radius 2 is 0.883 bits per heavy atom. The van der Waals surface area contributed by atoms with E-state index in [0.29, 0.717) is 39.9 Å². The van der Waals surface area contributed by atoms with Crippen molar-refractivity contribution in [2.24, 2.45) is 0 Å². The van der Waals surface area contributed by atoms with E-state index in [-0.39, 0.29) is 15.5 Å². The van der Waals surface area contributed by atoms with Gasteiger partial charge in [-0.3, -0.25) is 4.79 Å². The van der Waals surface area contributed by atoms with Crippen LogP contribution in [0.15, 0.2) is 204 Å². The van der Waals surface area contributed by atoms with Crippen LogP contribution in [0.5, 0.6) is 34.5 Å². The standard InChI is InChI=1S/C51H34O8S/c52-33-34-9-19-39(20-10-34)57-41-25-29-44(30-26-41)60(55,56)45-31-27-42(28-32-45)58-40-21-11-35(12-22-40)50(54)59-43-23-15-37(16-24-43)51(36-13-17-38(53)18-14-36)48-7-3-1-5-46(48)47-6-2-4-8-49(47)51/h1-33,53H. The summed E-state index contributed by atoms with van der Waals surface area (Å²) in [6, 6.07) is 56.8. The van der Waals surface area contributed by atoms with Crippen LogP contribution in [0.3, 0.4) is 0 Å². The molecule has 0 amide bonds. The number of phenolic OH excluding ortho intramolecular Hbond substituents is 1. The van der Waals surface area contributed by atoms with Crippen LogP contribution in [-0.4, -0.2) is 25.8 Å². The number of ether oxygens (including phenoxy) is 3. The lowest BCUT2D eigenvalue weighted by molar-refractivity contribution is 0.0734. The summed E-state index contributed by atoms with van der Waals surface area (Å²) < 4.78 is 44.3. The first-order chi connectivity index (χ1) is 29.2. The molecule has 0 unspecified atom stereocenters. The Balaban J connectivity index is 0.867. The molecule has 0 aromatic heterocycles. The monoisotopic (exact) mass is 806 g/mol. The van der Waals surface area contributed by atoms with Crippen molar-refractivity contribution in [3.05, 3.63) is 228 Å². The number of benzene rings is 8. The highest BCUT2D eigenvalue weighted by molar-refractivity contribution is 7.91. The lowest BCUT2D eigenvalue weighted by Gasteiger charge is -2.34. The predicted octanol–water partition coefficient (Wildman–Crippen LogP) is 11.2. The maximum absolute atomic E-state index is 13.4. The van der Waals surface area contributed by atoms with E-state index in [1.807, 2.05) is 48.5 Å². The zero-order valence-electron chi connectivity index (χ0n) is 31.8. The molecule has 0 heterocycles. The Morgan fingerprint density at radius 3 is 1.35 bits per heavy atom. The van der Waals surface area contributed by atoms with E-state index in [1.165, 1.54) is 24.3 Å². The lowest BCUT2D eigenvalue weighted by Crippen LogP contribution is -2.28. The minimum Gasteiger partial charge on any atom is -0.508 e. The van der Waals surface area contributed by atoms with Crippen LogP contribution in [0.1, 0.15) is 43.0 Å². The summed E-state index contributed by atoms with van der Waals surface area (Å²) in [5, 5.41) is 10.2. The maximum Gasteiger partial charge on any atom is 0.343 e. The zero-order valence-corrected chi connectivity index (χ0v) is 32.6. The molecular weight excluding hydrogens is 773 g/mol. The Labute approximate surface area is 346 Å². The van der Waals surface area contributed by atoms with Crippen LogP contribution in [0.4, 0.5) is 0 Å². The fourth-order valence-electron chi connectivity index (χ4n) is 7.73. The molecule has 8 aromatic rings. The molecule has 60 heavy (non-hydrogen) atoms. The van der Waals surface area contributed by atoms with Gasteiger partial charge in [-0.05, 0) is 155 Å². The molecule has 0 saturated heterocycles. The van der Waals surface area contributed by atoms with Crippen LogP contribution >= 0.6 is 0 Å². The van der Waals surface area contributed by atoms with Crippen molar-refractivity contribution in [3.63, 3.8) is 0 Å². The molecular formula is C51H34O8S. The van der Waals surface area contributed by atoms with Gasteiger partial charge in [-0.15, -0.1) is 0 Å². The predicted molar refractivity (Wildman–Crippen MR) is 227 cm³/mol. The molecule has 9 heteroatoms. The highest BCUT2D eigenvalue weighted by atomic mass is 32.2. The molecule has 292 valence electrons. The molecule has 8 aromatic carbocycles. The maximum atomic E-state index is 13.4. The SMILES string of the molecule is O=Cc1ccc(Oc2ccc(S(=O)(=O)c3ccc(Oc4ccc(C(=O)Oc5ccc(C6(c7ccc(O)cc7)c7ccccc7-c7ccccc76)cc5)cc4)cc3)cc2)cc1. The van der Waals surface area contributed by atoms with Gasteiger partial charge < -0.3 is 19.3 Å². The minimum absolute atomic E-state index is 0.0903. The van der Waals surface area contributed by atoms with Gasteiger partial charge in [0.25, 0.3) is 0 Å². The van der Waals surface area contributed by atoms with E-state index in [0.717, 1.165) is 39.7 Å². The van der Waals surface area contributed by atoms with Gasteiger partial charge in [0, 0.05) is 5.56 Å². The molecule has 0 saturated carbocycles. The summed E-state index contributed by atoms with van der Waals surface area (Å²) in [5.74, 6) is 1.84. The normalized spacial score (nSPS) is 12.5. The average Bonchev–Trinajstić information content (AvgIpc) is 3.59. The third kappa shape index (κ3) is 6.97. The van der Waals surface area contributed by atoms with Gasteiger partial charge in [-0.25, -0.2) is 13.2 Å². The summed E-state index contributed by atoms with van der Waals surface area (Å²) in [6.45, 7) is 0. The number of carbonyl (C=O) groups excluding carboxylic acids is 2. The second-order valence-corrected chi connectivity index (χ2v) is 16.1. The second-order valence-electron chi connectivity index (χ2n) is 14.2. The van der Waals surface area contributed by atoms with Gasteiger partial charge in [-0.2, -0.15) is 0 Å². The molecule has 0 radical (unpaired) electrons. The molecule has 1 aliphatic carbocycles. The zero-order chi connectivity index (χ0) is 41.3. The first kappa shape index (κ1) is 37.8. The fraction of sp³-hybridized carbons (Fsp3) is 0.0196. The Hall–Kier alpha value is -7.75. The third-order valence-electron chi connectivity index (χ3n) is 10.6.